The van der Waals surface area contributed by atoms with Gasteiger partial charge in [0.25, 0.3) is 0 Å². The van der Waals surface area contributed by atoms with Crippen LogP contribution in [0.15, 0.2) is 24.3 Å². The Morgan fingerprint density at radius 3 is 2.78 bits per heavy atom. The molecule has 1 heterocycles. The van der Waals surface area contributed by atoms with E-state index in [-0.39, 0.29) is 17.4 Å². The average molecular weight is 246 g/mol. The molecule has 1 aliphatic carbocycles. The number of fused-ring (bicyclic) bond motifs is 2. The Hall–Kier alpha value is -1.39. The van der Waals surface area contributed by atoms with Gasteiger partial charge < -0.3 is 4.74 Å². The number of hydrazine groups is 1. The summed E-state index contributed by atoms with van der Waals surface area (Å²) in [7, 11) is 0. The normalized spacial score (nSPS) is 30.2. The topological polar surface area (TPSA) is 64.3 Å². The third-order valence-corrected chi connectivity index (χ3v) is 4.32. The molecule has 1 saturated carbocycles. The molecule has 1 aromatic carbocycles. The van der Waals surface area contributed by atoms with Crippen molar-refractivity contribution in [2.75, 3.05) is 0 Å². The van der Waals surface area contributed by atoms with Gasteiger partial charge in [0.2, 0.25) is 5.91 Å². The van der Waals surface area contributed by atoms with Gasteiger partial charge in [-0.3, -0.25) is 10.2 Å². The molecular formula is C14H18N2O2. The van der Waals surface area contributed by atoms with Gasteiger partial charge in [0, 0.05) is 5.92 Å². The van der Waals surface area contributed by atoms with Gasteiger partial charge in [-0.15, -0.1) is 0 Å². The summed E-state index contributed by atoms with van der Waals surface area (Å²) in [6.45, 7) is 0.698. The van der Waals surface area contributed by atoms with E-state index in [1.165, 1.54) is 11.1 Å². The molecule has 1 fully saturated rings. The highest BCUT2D eigenvalue weighted by Crippen LogP contribution is 2.47. The number of hydrogen-bond donors (Lipinski definition) is 2. The van der Waals surface area contributed by atoms with E-state index in [1.807, 2.05) is 0 Å². The molecule has 3 rings (SSSR count). The van der Waals surface area contributed by atoms with Crippen LogP contribution in [0.4, 0.5) is 0 Å². The van der Waals surface area contributed by atoms with Crippen LogP contribution in [0.2, 0.25) is 0 Å². The van der Waals surface area contributed by atoms with E-state index < -0.39 is 0 Å². The number of nitrogens with two attached hydrogens (primary N) is 1. The molecule has 96 valence electrons. The summed E-state index contributed by atoms with van der Waals surface area (Å²) in [5, 5.41) is 0. The second kappa shape index (κ2) is 4.37. The van der Waals surface area contributed by atoms with Crippen molar-refractivity contribution in [2.45, 2.75) is 37.9 Å². The zero-order valence-corrected chi connectivity index (χ0v) is 10.3. The highest BCUT2D eigenvalue weighted by Gasteiger charge is 2.43. The largest absolute Gasteiger partial charge is 0.366 e. The molecule has 1 aromatic rings. The van der Waals surface area contributed by atoms with Crippen molar-refractivity contribution in [3.63, 3.8) is 0 Å². The van der Waals surface area contributed by atoms with Crippen molar-refractivity contribution in [1.29, 1.82) is 0 Å². The van der Waals surface area contributed by atoms with Crippen molar-refractivity contribution >= 4 is 5.91 Å². The molecule has 0 saturated heterocycles. The van der Waals surface area contributed by atoms with E-state index in [2.05, 4.69) is 29.7 Å². The molecule has 0 radical (unpaired) electrons. The molecule has 1 spiro atoms. The molecule has 0 unspecified atom stereocenters. The molecule has 18 heavy (non-hydrogen) atoms. The van der Waals surface area contributed by atoms with Gasteiger partial charge in [0.05, 0.1) is 12.2 Å². The van der Waals surface area contributed by atoms with Crippen molar-refractivity contribution in [2.24, 2.45) is 11.8 Å². The van der Waals surface area contributed by atoms with Crippen LogP contribution in [0.5, 0.6) is 0 Å². The van der Waals surface area contributed by atoms with Crippen molar-refractivity contribution < 1.29 is 9.53 Å². The van der Waals surface area contributed by atoms with Crippen LogP contribution in [0.1, 0.15) is 36.8 Å². The molecular weight excluding hydrogens is 228 g/mol. The van der Waals surface area contributed by atoms with Crippen LogP contribution < -0.4 is 11.3 Å². The van der Waals surface area contributed by atoms with Crippen molar-refractivity contribution in [1.82, 2.24) is 5.43 Å². The Labute approximate surface area is 106 Å². The highest BCUT2D eigenvalue weighted by atomic mass is 16.5. The number of ether oxygens (including phenoxy) is 1. The van der Waals surface area contributed by atoms with Gasteiger partial charge in [0.15, 0.2) is 0 Å². The summed E-state index contributed by atoms with van der Waals surface area (Å²) in [4.78, 5) is 11.5. The Morgan fingerprint density at radius 1 is 1.33 bits per heavy atom. The quantitative estimate of drug-likeness (QED) is 0.449. The molecule has 2 aliphatic rings. The van der Waals surface area contributed by atoms with E-state index in [9.17, 15) is 4.79 Å². The number of nitrogens with one attached hydrogen (secondary N) is 1. The zero-order valence-electron chi connectivity index (χ0n) is 10.3. The van der Waals surface area contributed by atoms with Crippen LogP contribution >= 0.6 is 0 Å². The summed E-state index contributed by atoms with van der Waals surface area (Å²) >= 11 is 0. The minimum atomic E-state index is -0.151. The SMILES string of the molecule is NNC(=O)C1CCC2(CC1)OCc1ccccc12. The van der Waals surface area contributed by atoms with Crippen molar-refractivity contribution in [3.8, 4) is 0 Å². The average Bonchev–Trinajstić information content (AvgIpc) is 2.78. The number of rotatable bonds is 1. The second-order valence-electron chi connectivity index (χ2n) is 5.22. The first-order valence-corrected chi connectivity index (χ1v) is 6.48. The Balaban J connectivity index is 1.79. The van der Waals surface area contributed by atoms with E-state index in [0.717, 1.165) is 25.7 Å². The van der Waals surface area contributed by atoms with Gasteiger partial charge in [-0.05, 0) is 36.8 Å². The lowest BCUT2D eigenvalue weighted by molar-refractivity contribution is -0.130. The molecule has 3 N–H and O–H groups in total. The predicted octanol–water partition coefficient (Wildman–Crippen LogP) is 1.59. The number of amides is 1. The fraction of sp³-hybridized carbons (Fsp3) is 0.500. The molecule has 0 aromatic heterocycles. The Bertz CT molecular complexity index is 465. The van der Waals surface area contributed by atoms with E-state index in [1.54, 1.807) is 0 Å². The predicted molar refractivity (Wildman–Crippen MR) is 67.2 cm³/mol. The van der Waals surface area contributed by atoms with Crippen molar-refractivity contribution in [3.05, 3.63) is 35.4 Å². The lowest BCUT2D eigenvalue weighted by Gasteiger charge is -2.36. The minimum absolute atomic E-state index is 0.0389. The summed E-state index contributed by atoms with van der Waals surface area (Å²) in [6.07, 6.45) is 3.50. The molecule has 0 bridgehead atoms. The molecule has 1 amide bonds. The third-order valence-electron chi connectivity index (χ3n) is 4.32. The van der Waals surface area contributed by atoms with Crippen LogP contribution in [-0.4, -0.2) is 5.91 Å². The smallest absolute Gasteiger partial charge is 0.236 e. The number of hydrogen-bond acceptors (Lipinski definition) is 3. The molecule has 1 aliphatic heterocycles. The van der Waals surface area contributed by atoms with Crippen LogP contribution in [0, 0.1) is 5.92 Å². The monoisotopic (exact) mass is 246 g/mol. The first kappa shape index (κ1) is 11.7. The van der Waals surface area contributed by atoms with Gasteiger partial charge >= 0.3 is 0 Å². The number of benzene rings is 1. The maximum Gasteiger partial charge on any atom is 0.236 e. The summed E-state index contributed by atoms with van der Waals surface area (Å²) < 4.78 is 6.05. The van der Waals surface area contributed by atoms with Crippen LogP contribution in [0.25, 0.3) is 0 Å². The van der Waals surface area contributed by atoms with Gasteiger partial charge in [-0.2, -0.15) is 0 Å². The molecule has 4 nitrogen and oxygen atoms in total. The Morgan fingerprint density at radius 2 is 2.06 bits per heavy atom. The summed E-state index contributed by atoms with van der Waals surface area (Å²) in [6, 6.07) is 8.40. The first-order valence-electron chi connectivity index (χ1n) is 6.48. The maximum absolute atomic E-state index is 11.5. The van der Waals surface area contributed by atoms with E-state index in [0.29, 0.717) is 6.61 Å². The maximum atomic E-state index is 11.5. The first-order chi connectivity index (χ1) is 8.75. The summed E-state index contributed by atoms with van der Waals surface area (Å²) in [5.41, 5.74) is 4.71. The Kier molecular flexibility index (Phi) is 2.84. The highest BCUT2D eigenvalue weighted by molar-refractivity contribution is 5.78. The van der Waals surface area contributed by atoms with Gasteiger partial charge in [-0.1, -0.05) is 24.3 Å². The fourth-order valence-corrected chi connectivity index (χ4v) is 3.26. The number of carbonyl (C=O) groups excluding carboxylic acids is 1. The third kappa shape index (κ3) is 1.72. The lowest BCUT2D eigenvalue weighted by Crippen LogP contribution is -2.40. The number of carbonyl (C=O) groups is 1. The molecule has 4 heteroatoms. The van der Waals surface area contributed by atoms with E-state index >= 15 is 0 Å². The van der Waals surface area contributed by atoms with Gasteiger partial charge in [0.1, 0.15) is 0 Å². The summed E-state index contributed by atoms with van der Waals surface area (Å²) in [5.74, 6) is 5.19. The zero-order chi connectivity index (χ0) is 12.6. The minimum Gasteiger partial charge on any atom is -0.366 e. The van der Waals surface area contributed by atoms with E-state index in [4.69, 9.17) is 10.6 Å². The standard InChI is InChI=1S/C14H18N2O2/c15-16-13(17)10-5-7-14(8-6-10)12-4-2-1-3-11(12)9-18-14/h1-4,10H,5-9,15H2,(H,16,17). The second-order valence-corrected chi connectivity index (χ2v) is 5.22. The lowest BCUT2D eigenvalue weighted by atomic mass is 9.75. The molecule has 0 atom stereocenters. The van der Waals surface area contributed by atoms with Gasteiger partial charge in [-0.25, -0.2) is 5.84 Å². The van der Waals surface area contributed by atoms with Crippen LogP contribution in [0.3, 0.4) is 0 Å². The van der Waals surface area contributed by atoms with Crippen LogP contribution in [-0.2, 0) is 21.7 Å². The fourth-order valence-electron chi connectivity index (χ4n) is 3.26.